The minimum Gasteiger partial charge on any atom is -0.454 e. The predicted octanol–water partition coefficient (Wildman–Crippen LogP) is 3.97. The minimum atomic E-state index is -0.554. The molecule has 0 saturated carbocycles. The van der Waals surface area contributed by atoms with E-state index in [9.17, 15) is 9.18 Å². The van der Waals surface area contributed by atoms with Crippen LogP contribution in [0.2, 0.25) is 0 Å². The van der Waals surface area contributed by atoms with Crippen LogP contribution in [0.15, 0.2) is 73.1 Å². The number of nitrogens with zero attached hydrogens (tertiary/aromatic N) is 8. The number of carbonyl (C=O) groups is 1. The maximum Gasteiger partial charge on any atom is 0.255 e. The van der Waals surface area contributed by atoms with Crippen LogP contribution in [0, 0.1) is 5.82 Å². The highest BCUT2D eigenvalue weighted by Gasteiger charge is 2.28. The Labute approximate surface area is 222 Å². The molecule has 0 bridgehead atoms. The van der Waals surface area contributed by atoms with Crippen LogP contribution in [-0.4, -0.2) is 67.5 Å². The number of benzene rings is 1. The Morgan fingerprint density at radius 3 is 2.85 bits per heavy atom. The molecule has 11 nitrogen and oxygen atoms in total. The van der Waals surface area contributed by atoms with Gasteiger partial charge in [-0.05, 0) is 44.8 Å². The van der Waals surface area contributed by atoms with Gasteiger partial charge in [0.15, 0.2) is 17.2 Å². The van der Waals surface area contributed by atoms with Crippen LogP contribution in [-0.2, 0) is 4.79 Å². The molecule has 1 aromatic carbocycles. The van der Waals surface area contributed by atoms with Gasteiger partial charge in [0.1, 0.15) is 30.0 Å². The highest BCUT2D eigenvalue weighted by atomic mass is 19.1. The van der Waals surface area contributed by atoms with Crippen molar-refractivity contribution >= 4 is 39.8 Å². The zero-order valence-corrected chi connectivity index (χ0v) is 21.2. The summed E-state index contributed by atoms with van der Waals surface area (Å²) in [6.45, 7) is 1.24. The van der Waals surface area contributed by atoms with Crippen molar-refractivity contribution in [2.45, 2.75) is 6.42 Å². The summed E-state index contributed by atoms with van der Waals surface area (Å²) in [5, 5.41) is 7.84. The quantitative estimate of drug-likeness (QED) is 0.315. The molecule has 196 valence electrons. The Morgan fingerprint density at radius 1 is 1.10 bits per heavy atom. The number of rotatable bonds is 7. The van der Waals surface area contributed by atoms with Gasteiger partial charge in [-0.2, -0.15) is 5.10 Å². The van der Waals surface area contributed by atoms with Crippen LogP contribution in [0.25, 0.3) is 16.6 Å². The van der Waals surface area contributed by atoms with Gasteiger partial charge in [0.05, 0.1) is 11.7 Å². The molecule has 5 aromatic rings. The van der Waals surface area contributed by atoms with E-state index in [1.807, 2.05) is 25.1 Å². The maximum atomic E-state index is 15.0. The fraction of sp³-hybridized carbons (Fsp3) is 0.185. The van der Waals surface area contributed by atoms with E-state index in [0.29, 0.717) is 59.1 Å². The second kappa shape index (κ2) is 10.1. The molecule has 39 heavy (non-hydrogen) atoms. The van der Waals surface area contributed by atoms with Crippen molar-refractivity contribution in [3.63, 3.8) is 0 Å². The minimum absolute atomic E-state index is 0.0594. The molecule has 0 aliphatic carbocycles. The van der Waals surface area contributed by atoms with Crippen LogP contribution < -0.4 is 15.0 Å². The monoisotopic (exact) mass is 525 g/mol. The van der Waals surface area contributed by atoms with E-state index in [-0.39, 0.29) is 11.7 Å². The molecule has 0 unspecified atom stereocenters. The van der Waals surface area contributed by atoms with Crippen LogP contribution >= 0.6 is 0 Å². The van der Waals surface area contributed by atoms with E-state index >= 15 is 0 Å². The first-order valence-corrected chi connectivity index (χ1v) is 12.2. The van der Waals surface area contributed by atoms with Crippen molar-refractivity contribution in [1.82, 2.24) is 34.4 Å². The summed E-state index contributed by atoms with van der Waals surface area (Å²) in [4.78, 5) is 33.8. The fourth-order valence-electron chi connectivity index (χ4n) is 4.30. The third-order valence-electron chi connectivity index (χ3n) is 6.29. The summed E-state index contributed by atoms with van der Waals surface area (Å²) < 4.78 is 22.3. The summed E-state index contributed by atoms with van der Waals surface area (Å²) in [5.41, 5.74) is 2.42. The molecular formula is C27H24FN9O2. The molecule has 0 spiro atoms. The number of aromatic nitrogens is 6. The summed E-state index contributed by atoms with van der Waals surface area (Å²) in [5.74, 6) is 0.863. The second-order valence-corrected chi connectivity index (χ2v) is 9.28. The molecule has 1 fully saturated rings. The Bertz CT molecular complexity index is 1730. The third-order valence-corrected chi connectivity index (χ3v) is 6.29. The first-order valence-electron chi connectivity index (χ1n) is 12.2. The molecule has 1 saturated heterocycles. The van der Waals surface area contributed by atoms with Gasteiger partial charge in [-0.1, -0.05) is 6.08 Å². The van der Waals surface area contributed by atoms with Crippen LogP contribution in [0.5, 0.6) is 11.5 Å². The maximum absolute atomic E-state index is 15.0. The van der Waals surface area contributed by atoms with Gasteiger partial charge in [0.25, 0.3) is 5.91 Å². The summed E-state index contributed by atoms with van der Waals surface area (Å²) in [6.07, 6.45) is 8.74. The van der Waals surface area contributed by atoms with E-state index in [1.165, 1.54) is 24.8 Å². The Hall–Kier alpha value is -4.97. The molecule has 1 aliphatic rings. The summed E-state index contributed by atoms with van der Waals surface area (Å²) >= 11 is 0. The van der Waals surface area contributed by atoms with Gasteiger partial charge < -0.3 is 15.0 Å². The predicted molar refractivity (Wildman–Crippen MR) is 144 cm³/mol. The standard InChI is InChI=1S/C27H24FN9O2/c1-35(2)8-5-17-6-9-36(27(17)38)24-13-20-22(14-29-24)30-15-32-26(20)34-18-3-4-23(21(28)11-18)39-19-7-10-37-25(12-19)31-16-33-37/h3-5,7,10-16H,6,8-9H2,1-2H3,(H,30,32,34)/b17-5+. The number of halogens is 1. The van der Waals surface area contributed by atoms with Crippen molar-refractivity contribution in [3.8, 4) is 11.5 Å². The lowest BCUT2D eigenvalue weighted by Gasteiger charge is -2.16. The largest absolute Gasteiger partial charge is 0.454 e. The zero-order valence-electron chi connectivity index (χ0n) is 21.2. The second-order valence-electron chi connectivity index (χ2n) is 9.28. The normalized spacial score (nSPS) is 14.7. The lowest BCUT2D eigenvalue weighted by molar-refractivity contribution is -0.114. The average Bonchev–Trinajstić information content (AvgIpc) is 3.55. The molecule has 6 rings (SSSR count). The number of amides is 1. The van der Waals surface area contributed by atoms with Crippen LogP contribution in [0.4, 0.5) is 21.7 Å². The van der Waals surface area contributed by atoms with Crippen molar-refractivity contribution < 1.29 is 13.9 Å². The van der Waals surface area contributed by atoms with E-state index in [2.05, 4.69) is 30.4 Å². The lowest BCUT2D eigenvalue weighted by atomic mass is 10.2. The van der Waals surface area contributed by atoms with Crippen molar-refractivity contribution in [1.29, 1.82) is 0 Å². The van der Waals surface area contributed by atoms with Crippen molar-refractivity contribution in [2.24, 2.45) is 0 Å². The molecule has 5 heterocycles. The molecule has 1 N–H and O–H groups in total. The average molecular weight is 526 g/mol. The first kappa shape index (κ1) is 24.4. The summed E-state index contributed by atoms with van der Waals surface area (Å²) in [7, 11) is 3.92. The van der Waals surface area contributed by atoms with Gasteiger partial charge >= 0.3 is 0 Å². The van der Waals surface area contributed by atoms with Crippen molar-refractivity contribution in [2.75, 3.05) is 37.4 Å². The fourth-order valence-corrected chi connectivity index (χ4v) is 4.30. The van der Waals surface area contributed by atoms with Crippen LogP contribution in [0.3, 0.4) is 0 Å². The molecular weight excluding hydrogens is 501 g/mol. The smallest absolute Gasteiger partial charge is 0.255 e. The zero-order chi connectivity index (χ0) is 26.9. The number of fused-ring (bicyclic) bond motifs is 2. The molecule has 1 amide bonds. The first-order chi connectivity index (χ1) is 18.9. The molecule has 0 atom stereocenters. The van der Waals surface area contributed by atoms with Crippen molar-refractivity contribution in [3.05, 3.63) is 78.9 Å². The molecule has 1 aliphatic heterocycles. The van der Waals surface area contributed by atoms with E-state index in [1.54, 1.807) is 46.1 Å². The van der Waals surface area contributed by atoms with Gasteiger partial charge in [-0.3, -0.25) is 9.69 Å². The van der Waals surface area contributed by atoms with E-state index < -0.39 is 5.82 Å². The number of ether oxygens (including phenoxy) is 1. The third kappa shape index (κ3) is 4.97. The highest BCUT2D eigenvalue weighted by Crippen LogP contribution is 2.31. The number of hydrogen-bond donors (Lipinski definition) is 1. The Morgan fingerprint density at radius 2 is 2.00 bits per heavy atom. The van der Waals surface area contributed by atoms with Gasteiger partial charge in [0, 0.05) is 48.1 Å². The number of likely N-dealkylation sites (N-methyl/N-ethyl adjacent to an activating group) is 1. The Kier molecular flexibility index (Phi) is 6.29. The lowest BCUT2D eigenvalue weighted by Crippen LogP contribution is -2.25. The Balaban J connectivity index is 1.23. The van der Waals surface area contributed by atoms with Crippen LogP contribution in [0.1, 0.15) is 6.42 Å². The van der Waals surface area contributed by atoms with E-state index in [0.717, 1.165) is 5.57 Å². The number of nitrogens with one attached hydrogen (secondary N) is 1. The summed E-state index contributed by atoms with van der Waals surface area (Å²) in [6, 6.07) is 9.68. The van der Waals surface area contributed by atoms with Gasteiger partial charge in [-0.15, -0.1) is 0 Å². The van der Waals surface area contributed by atoms with E-state index in [4.69, 9.17) is 4.74 Å². The molecule has 12 heteroatoms. The SMILES string of the molecule is CN(C)C/C=C1\CCN(c2cc3c(Nc4ccc(Oc5ccn6ncnc6c5)c(F)c4)ncnc3cn2)C1=O. The highest BCUT2D eigenvalue weighted by molar-refractivity contribution is 6.08. The molecule has 0 radical (unpaired) electrons. The van der Waals surface area contributed by atoms with Gasteiger partial charge in [-0.25, -0.2) is 28.8 Å². The topological polar surface area (TPSA) is 114 Å². The number of hydrogen-bond acceptors (Lipinski definition) is 9. The molecule has 4 aromatic heterocycles. The van der Waals surface area contributed by atoms with Gasteiger partial charge in [0.2, 0.25) is 0 Å². The number of pyridine rings is 2. The number of carbonyl (C=O) groups excluding carboxylic acids is 1. The number of anilines is 3.